The molecule has 13 nitrogen and oxygen atoms in total. The number of nitrogens with one attached hydrogen (secondary N) is 2. The molecule has 1 atom stereocenters. The summed E-state index contributed by atoms with van der Waals surface area (Å²) in [5.41, 5.74) is 1.03. The summed E-state index contributed by atoms with van der Waals surface area (Å²) in [6.07, 6.45) is -0.00909. The number of carbonyl (C=O) groups is 2. The first-order chi connectivity index (χ1) is 16.7. The number of ether oxygens (including phenoxy) is 1. The molecular formula is C20H17F2N9O4. The van der Waals surface area contributed by atoms with E-state index in [-0.39, 0.29) is 22.8 Å². The topological polar surface area (TPSA) is 163 Å². The summed E-state index contributed by atoms with van der Waals surface area (Å²) in [5, 5.41) is 20.0. The molecule has 0 saturated carbocycles. The van der Waals surface area contributed by atoms with Gasteiger partial charge in [0.1, 0.15) is 17.6 Å². The van der Waals surface area contributed by atoms with Crippen molar-refractivity contribution >= 4 is 23.5 Å². The number of hydrogen-bond donors (Lipinski definition) is 2. The lowest BCUT2D eigenvalue weighted by atomic mass is 10.2. The van der Waals surface area contributed by atoms with E-state index in [0.29, 0.717) is 17.1 Å². The summed E-state index contributed by atoms with van der Waals surface area (Å²) in [6.45, 7) is 2.94. The van der Waals surface area contributed by atoms with Gasteiger partial charge in [-0.05, 0) is 37.2 Å². The van der Waals surface area contributed by atoms with Crippen LogP contribution in [0.1, 0.15) is 34.8 Å². The van der Waals surface area contributed by atoms with Gasteiger partial charge in [-0.15, -0.1) is 5.10 Å². The molecule has 2 amide bonds. The van der Waals surface area contributed by atoms with Crippen LogP contribution >= 0.6 is 0 Å². The summed E-state index contributed by atoms with van der Waals surface area (Å²) < 4.78 is 38.2. The number of rotatable bonds is 6. The number of halogens is 2. The lowest BCUT2D eigenvalue weighted by Crippen LogP contribution is -2.19. The molecular weight excluding hydrogens is 468 g/mol. The molecule has 0 aliphatic heterocycles. The molecule has 2 N–H and O–H groups in total. The maximum atomic E-state index is 13.8. The molecule has 15 heteroatoms. The van der Waals surface area contributed by atoms with E-state index in [1.54, 1.807) is 19.1 Å². The smallest absolute Gasteiger partial charge is 0.413 e. The van der Waals surface area contributed by atoms with Crippen molar-refractivity contribution in [2.24, 2.45) is 7.05 Å². The molecule has 0 spiro atoms. The fraction of sp³-hybridized carbons (Fsp3) is 0.200. The molecule has 180 valence electrons. The first kappa shape index (κ1) is 23.3. The number of aryl methyl sites for hydroxylation is 2. The molecule has 0 radical (unpaired) electrons. The highest BCUT2D eigenvalue weighted by Gasteiger charge is 2.22. The molecule has 4 rings (SSSR count). The predicted octanol–water partition coefficient (Wildman–Crippen LogP) is 2.80. The Labute approximate surface area is 195 Å². The Morgan fingerprint density at radius 3 is 2.63 bits per heavy atom. The number of anilines is 2. The van der Waals surface area contributed by atoms with Crippen LogP contribution in [0.3, 0.4) is 0 Å². The summed E-state index contributed by atoms with van der Waals surface area (Å²) in [4.78, 5) is 32.1. The fourth-order valence-corrected chi connectivity index (χ4v) is 2.98. The minimum absolute atomic E-state index is 0.0381. The molecule has 0 fully saturated rings. The van der Waals surface area contributed by atoms with Crippen molar-refractivity contribution in [3.63, 3.8) is 0 Å². The SMILES string of the molecule is Cc1nonc1C(=O)Nc1ccc(-c2nnn(C)c2NC(=O)O[C@H](C)c2cc(F)cnc2F)nc1. The van der Waals surface area contributed by atoms with Crippen molar-refractivity contribution in [1.82, 2.24) is 35.3 Å². The van der Waals surface area contributed by atoms with Crippen molar-refractivity contribution in [3.8, 4) is 11.4 Å². The number of carbonyl (C=O) groups excluding carboxylic acids is 2. The van der Waals surface area contributed by atoms with Gasteiger partial charge in [0.05, 0.1) is 29.3 Å². The number of hydrogen-bond acceptors (Lipinski definition) is 10. The van der Waals surface area contributed by atoms with Gasteiger partial charge in [0.15, 0.2) is 17.2 Å². The maximum absolute atomic E-state index is 13.8. The zero-order valence-electron chi connectivity index (χ0n) is 18.5. The van der Waals surface area contributed by atoms with E-state index in [9.17, 15) is 18.4 Å². The Hall–Kier alpha value is -4.82. The Kier molecular flexibility index (Phi) is 6.39. The Morgan fingerprint density at radius 1 is 1.14 bits per heavy atom. The summed E-state index contributed by atoms with van der Waals surface area (Å²) >= 11 is 0. The number of amides is 2. The lowest BCUT2D eigenvalue weighted by Gasteiger charge is -2.15. The van der Waals surface area contributed by atoms with Gasteiger partial charge < -0.3 is 10.1 Å². The van der Waals surface area contributed by atoms with E-state index in [1.807, 2.05) is 0 Å². The van der Waals surface area contributed by atoms with Crippen molar-refractivity contribution in [2.75, 3.05) is 10.6 Å². The standard InChI is InChI=1S/C20H17F2N9O4/c1-9-15(29-35-28-9)19(32)25-12-4-5-14(23-8-12)16-18(31(3)30-27-16)26-20(33)34-10(2)13-6-11(21)7-24-17(13)22/h4-8,10H,1-3H3,(H,25,32)(H,26,33)/t10-/m1/s1. The van der Waals surface area contributed by atoms with Crippen LogP contribution in [0.25, 0.3) is 11.4 Å². The first-order valence-corrected chi connectivity index (χ1v) is 9.98. The minimum atomic E-state index is -1.13. The lowest BCUT2D eigenvalue weighted by molar-refractivity contribution is 0.101. The molecule has 4 aromatic rings. The quantitative estimate of drug-likeness (QED) is 0.388. The third kappa shape index (κ3) is 5.07. The first-order valence-electron chi connectivity index (χ1n) is 9.98. The molecule has 0 aliphatic rings. The summed E-state index contributed by atoms with van der Waals surface area (Å²) in [5.74, 6) is -2.12. The largest absolute Gasteiger partial charge is 0.441 e. The van der Waals surface area contributed by atoms with Crippen LogP contribution < -0.4 is 10.6 Å². The molecule has 0 unspecified atom stereocenters. The van der Waals surface area contributed by atoms with Crippen LogP contribution in [-0.4, -0.2) is 47.3 Å². The van der Waals surface area contributed by atoms with Crippen molar-refractivity contribution < 1.29 is 27.7 Å². The highest BCUT2D eigenvalue weighted by Crippen LogP contribution is 2.26. The molecule has 0 aliphatic carbocycles. The molecule has 4 aromatic heterocycles. The van der Waals surface area contributed by atoms with Crippen LogP contribution in [-0.2, 0) is 11.8 Å². The maximum Gasteiger partial charge on any atom is 0.413 e. The van der Waals surface area contributed by atoms with Gasteiger partial charge in [0.25, 0.3) is 5.91 Å². The molecule has 0 aromatic carbocycles. The Morgan fingerprint density at radius 2 is 1.94 bits per heavy atom. The number of aromatic nitrogens is 7. The zero-order valence-corrected chi connectivity index (χ0v) is 18.5. The molecule has 0 saturated heterocycles. The highest BCUT2D eigenvalue weighted by molar-refractivity contribution is 6.03. The van der Waals surface area contributed by atoms with Crippen molar-refractivity contribution in [1.29, 1.82) is 0 Å². The van der Waals surface area contributed by atoms with Gasteiger partial charge in [-0.25, -0.2) is 23.5 Å². The van der Waals surface area contributed by atoms with Crippen LogP contribution in [0, 0.1) is 18.7 Å². The van der Waals surface area contributed by atoms with Crippen molar-refractivity contribution in [3.05, 3.63) is 59.3 Å². The molecule has 4 heterocycles. The van der Waals surface area contributed by atoms with Crippen molar-refractivity contribution in [2.45, 2.75) is 20.0 Å². The van der Waals surface area contributed by atoms with Gasteiger partial charge >= 0.3 is 6.09 Å². The normalized spacial score (nSPS) is 11.7. The predicted molar refractivity (Wildman–Crippen MR) is 114 cm³/mol. The number of nitrogens with zero attached hydrogens (tertiary/aromatic N) is 7. The second-order valence-corrected chi connectivity index (χ2v) is 7.20. The Balaban J connectivity index is 1.46. The van der Waals surface area contributed by atoms with Crippen LogP contribution in [0.4, 0.5) is 25.1 Å². The summed E-state index contributed by atoms with van der Waals surface area (Å²) in [6, 6.07) is 3.99. The van der Waals surface area contributed by atoms with E-state index < -0.39 is 29.9 Å². The van der Waals surface area contributed by atoms with Gasteiger partial charge in [0.2, 0.25) is 5.95 Å². The minimum Gasteiger partial charge on any atom is -0.441 e. The van der Waals surface area contributed by atoms with E-state index >= 15 is 0 Å². The summed E-state index contributed by atoms with van der Waals surface area (Å²) in [7, 11) is 1.52. The van der Waals surface area contributed by atoms with Gasteiger partial charge in [-0.2, -0.15) is 4.39 Å². The highest BCUT2D eigenvalue weighted by atomic mass is 19.1. The average molecular weight is 485 g/mol. The fourth-order valence-electron chi connectivity index (χ4n) is 2.98. The van der Waals surface area contributed by atoms with Crippen LogP contribution in [0.2, 0.25) is 0 Å². The van der Waals surface area contributed by atoms with Crippen LogP contribution in [0.15, 0.2) is 35.2 Å². The third-order valence-electron chi connectivity index (χ3n) is 4.73. The monoisotopic (exact) mass is 485 g/mol. The third-order valence-corrected chi connectivity index (χ3v) is 4.73. The average Bonchev–Trinajstić information content (AvgIpc) is 3.41. The molecule has 0 bridgehead atoms. The van der Waals surface area contributed by atoms with Gasteiger partial charge in [-0.3, -0.25) is 15.1 Å². The van der Waals surface area contributed by atoms with Crippen LogP contribution in [0.5, 0.6) is 0 Å². The molecule has 35 heavy (non-hydrogen) atoms. The second kappa shape index (κ2) is 9.58. The van der Waals surface area contributed by atoms with Gasteiger partial charge in [0, 0.05) is 7.05 Å². The van der Waals surface area contributed by atoms with Gasteiger partial charge in [-0.1, -0.05) is 10.4 Å². The van der Waals surface area contributed by atoms with E-state index in [4.69, 9.17) is 4.74 Å². The second-order valence-electron chi connectivity index (χ2n) is 7.20. The van der Waals surface area contributed by atoms with E-state index in [2.05, 4.69) is 45.9 Å². The number of pyridine rings is 2. The van der Waals surface area contributed by atoms with E-state index in [1.165, 1.54) is 24.9 Å². The Bertz CT molecular complexity index is 1390. The van der Waals surface area contributed by atoms with E-state index in [0.717, 1.165) is 12.3 Å². The zero-order chi connectivity index (χ0) is 25.1.